The van der Waals surface area contributed by atoms with E-state index in [9.17, 15) is 9.90 Å². The van der Waals surface area contributed by atoms with Gasteiger partial charge >= 0.3 is 6.03 Å². The topological polar surface area (TPSA) is 83.1 Å². The Labute approximate surface area is 289 Å². The lowest BCUT2D eigenvalue weighted by Gasteiger charge is -2.34. The van der Waals surface area contributed by atoms with Crippen molar-refractivity contribution in [1.29, 1.82) is 0 Å². The summed E-state index contributed by atoms with van der Waals surface area (Å²) in [6.45, 7) is 6.99. The molecule has 3 N–H and O–H groups in total. The number of carbonyl (C=O) groups is 1. The molecule has 9 heteroatoms. The van der Waals surface area contributed by atoms with Crippen LogP contribution in [0.25, 0.3) is 0 Å². The molecule has 5 atom stereocenters. The van der Waals surface area contributed by atoms with Crippen LogP contribution in [0.5, 0.6) is 0 Å². The normalized spacial score (nSPS) is 24.2. The maximum absolute atomic E-state index is 13.2. The molecule has 0 saturated carbocycles. The van der Waals surface area contributed by atoms with Crippen LogP contribution in [0.15, 0.2) is 76.5 Å². The lowest BCUT2D eigenvalue weighted by Crippen LogP contribution is -2.48. The minimum atomic E-state index is -0.612. The summed E-state index contributed by atoms with van der Waals surface area (Å²) in [5.74, 6) is 1.34. The van der Waals surface area contributed by atoms with Gasteiger partial charge in [-0.3, -0.25) is 0 Å². The van der Waals surface area contributed by atoms with Crippen LogP contribution in [0.2, 0.25) is 0 Å². The van der Waals surface area contributed by atoms with Crippen LogP contribution < -0.4 is 15.5 Å². The van der Waals surface area contributed by atoms with Crippen molar-refractivity contribution in [1.82, 2.24) is 5.32 Å². The number of nitrogens with zero attached hydrogens (tertiary/aromatic N) is 1. The molecule has 2 aliphatic heterocycles. The van der Waals surface area contributed by atoms with Gasteiger partial charge in [0, 0.05) is 71.8 Å². The van der Waals surface area contributed by atoms with Crippen LogP contribution in [0.3, 0.4) is 0 Å². The van der Waals surface area contributed by atoms with Crippen LogP contribution in [0.4, 0.5) is 16.2 Å². The van der Waals surface area contributed by atoms with Gasteiger partial charge in [0.25, 0.3) is 0 Å². The van der Waals surface area contributed by atoms with Crippen molar-refractivity contribution in [3.05, 3.63) is 83.4 Å². The number of ether oxygens (including phenoxy) is 1. The van der Waals surface area contributed by atoms with E-state index in [4.69, 9.17) is 8.92 Å². The molecule has 254 valence electrons. The largest absolute Gasteiger partial charge is 0.393 e. The van der Waals surface area contributed by atoms with Gasteiger partial charge < -0.3 is 29.6 Å². The summed E-state index contributed by atoms with van der Waals surface area (Å²) in [6.07, 6.45) is 5.16. The Balaban J connectivity index is 1.26. The number of carbonyl (C=O) groups excluding carboxylic acids is 1. The number of nitrogens with one attached hydrogen (secondary N) is 2. The predicted molar refractivity (Wildman–Crippen MR) is 196 cm³/mol. The number of aryl methyl sites for hydroxylation is 1. The number of urea groups is 1. The molecule has 0 radical (unpaired) electrons. The SMILES string of the molecule is CCCC[C@]1(CC)CSc2ccc(N(C)C)cc2[C@@H](c2cccc(NC(=O)N[C@H]3CC(O)CC(COSc4ccc(C)cc4)O3)c2)C1. The molecule has 47 heavy (non-hydrogen) atoms. The number of thioether (sulfide) groups is 1. The van der Waals surface area contributed by atoms with Gasteiger partial charge in [0.15, 0.2) is 0 Å². The molecular formula is C38H51N3O4S2. The summed E-state index contributed by atoms with van der Waals surface area (Å²) >= 11 is 3.30. The van der Waals surface area contributed by atoms with Crippen LogP contribution in [0.1, 0.15) is 81.4 Å². The summed E-state index contributed by atoms with van der Waals surface area (Å²) in [5.41, 5.74) is 5.97. The molecule has 2 amide bonds. The third-order valence-electron chi connectivity index (χ3n) is 9.51. The minimum Gasteiger partial charge on any atom is -0.393 e. The van der Waals surface area contributed by atoms with Crippen LogP contribution in [0, 0.1) is 12.3 Å². The Hall–Kier alpha value is -2.69. The average Bonchev–Trinajstić information content (AvgIpc) is 3.22. The van der Waals surface area contributed by atoms with Gasteiger partial charge in [0.05, 0.1) is 18.8 Å². The number of hydrogen-bond acceptors (Lipinski definition) is 7. The lowest BCUT2D eigenvalue weighted by atomic mass is 9.71. The smallest absolute Gasteiger partial charge is 0.321 e. The van der Waals surface area contributed by atoms with E-state index in [1.165, 1.54) is 58.6 Å². The first-order chi connectivity index (χ1) is 22.7. The Morgan fingerprint density at radius 2 is 1.91 bits per heavy atom. The fraction of sp³-hybridized carbons (Fsp3) is 0.500. The van der Waals surface area contributed by atoms with E-state index < -0.39 is 12.3 Å². The number of unbranched alkanes of at least 4 members (excludes halogenated alkanes) is 1. The predicted octanol–water partition coefficient (Wildman–Crippen LogP) is 8.99. The van der Waals surface area contributed by atoms with Gasteiger partial charge in [-0.05, 0) is 85.2 Å². The zero-order chi connectivity index (χ0) is 33.4. The molecule has 0 spiro atoms. The van der Waals surface area contributed by atoms with Crippen molar-refractivity contribution in [2.75, 3.05) is 36.7 Å². The van der Waals surface area contributed by atoms with Crippen molar-refractivity contribution < 1.29 is 18.8 Å². The second-order valence-electron chi connectivity index (χ2n) is 13.4. The fourth-order valence-corrected chi connectivity index (χ4v) is 8.67. The molecule has 0 aliphatic carbocycles. The molecule has 3 aromatic carbocycles. The van der Waals surface area contributed by atoms with E-state index in [2.05, 4.69) is 80.7 Å². The number of rotatable bonds is 12. The van der Waals surface area contributed by atoms with E-state index in [-0.39, 0.29) is 23.5 Å². The maximum atomic E-state index is 13.2. The Morgan fingerprint density at radius 1 is 1.11 bits per heavy atom. The van der Waals surface area contributed by atoms with Gasteiger partial charge in [-0.2, -0.15) is 0 Å². The molecule has 7 nitrogen and oxygen atoms in total. The zero-order valence-corrected chi connectivity index (χ0v) is 30.1. The fourth-order valence-electron chi connectivity index (χ4n) is 6.61. The molecule has 2 aliphatic rings. The standard InChI is InChI=1S/C38H51N3O4S2/c1-6-8-18-38(7-2)23-34(33-20-29(41(4)5)14-17-35(33)46-25-38)27-10-9-11-28(19-27)39-37(43)40-36-22-30(42)21-31(45-36)24-44-47-32-15-12-26(3)13-16-32/h9-17,19-20,30-31,34,36,42H,6-8,18,21-25H2,1-5H3,(H2,39,40,43)/t30?,31?,34-,36-,38+/m1/s1. The van der Waals surface area contributed by atoms with Gasteiger partial charge in [0.1, 0.15) is 6.23 Å². The van der Waals surface area contributed by atoms with Crippen LogP contribution in [-0.2, 0) is 8.92 Å². The number of anilines is 2. The van der Waals surface area contributed by atoms with Crippen molar-refractivity contribution in [3.63, 3.8) is 0 Å². The Morgan fingerprint density at radius 3 is 2.66 bits per heavy atom. The number of aliphatic hydroxyl groups is 1. The quantitative estimate of drug-likeness (QED) is 0.165. The Kier molecular flexibility index (Phi) is 12.6. The molecule has 1 saturated heterocycles. The molecule has 3 aromatic rings. The summed E-state index contributed by atoms with van der Waals surface area (Å²) in [4.78, 5) is 17.8. The highest BCUT2D eigenvalue weighted by atomic mass is 32.2. The third-order valence-corrected chi connectivity index (χ3v) is 11.7. The molecular weight excluding hydrogens is 627 g/mol. The number of fused-ring (bicyclic) bond motifs is 1. The van der Waals surface area contributed by atoms with E-state index >= 15 is 0 Å². The zero-order valence-electron chi connectivity index (χ0n) is 28.5. The molecule has 0 bridgehead atoms. The lowest BCUT2D eigenvalue weighted by molar-refractivity contribution is -0.113. The minimum absolute atomic E-state index is 0.219. The first-order valence-corrected chi connectivity index (χ1v) is 18.7. The van der Waals surface area contributed by atoms with Crippen LogP contribution in [-0.4, -0.2) is 56.0 Å². The number of aliphatic hydroxyl groups excluding tert-OH is 1. The van der Waals surface area contributed by atoms with E-state index in [1.807, 2.05) is 48.2 Å². The maximum Gasteiger partial charge on any atom is 0.321 e. The second-order valence-corrected chi connectivity index (χ2v) is 15.3. The van der Waals surface area contributed by atoms with E-state index in [0.717, 1.165) is 29.2 Å². The van der Waals surface area contributed by atoms with Gasteiger partial charge in [-0.15, -0.1) is 11.8 Å². The molecule has 2 unspecified atom stereocenters. The van der Waals surface area contributed by atoms with Gasteiger partial charge in [0.2, 0.25) is 0 Å². The van der Waals surface area contributed by atoms with Crippen molar-refractivity contribution in [2.24, 2.45) is 5.41 Å². The summed E-state index contributed by atoms with van der Waals surface area (Å²) in [5, 5.41) is 16.5. The van der Waals surface area contributed by atoms with Gasteiger partial charge in [-0.25, -0.2) is 4.79 Å². The van der Waals surface area contributed by atoms with Gasteiger partial charge in [-0.1, -0.05) is 56.5 Å². The number of hydrogen-bond donors (Lipinski definition) is 3. The number of amides is 2. The Bertz CT molecular complexity index is 1470. The summed E-state index contributed by atoms with van der Waals surface area (Å²) < 4.78 is 11.9. The second kappa shape index (κ2) is 16.6. The molecule has 5 rings (SSSR count). The van der Waals surface area contributed by atoms with Crippen LogP contribution >= 0.6 is 23.8 Å². The average molecular weight is 678 g/mol. The molecule has 0 aromatic heterocycles. The summed E-state index contributed by atoms with van der Waals surface area (Å²) in [6, 6.07) is 22.9. The van der Waals surface area contributed by atoms with E-state index in [1.54, 1.807) is 0 Å². The molecule has 2 heterocycles. The van der Waals surface area contributed by atoms with Crippen molar-refractivity contribution in [3.8, 4) is 0 Å². The highest BCUT2D eigenvalue weighted by molar-refractivity contribution is 7.99. The summed E-state index contributed by atoms with van der Waals surface area (Å²) in [7, 11) is 4.19. The highest BCUT2D eigenvalue weighted by Gasteiger charge is 2.36. The van der Waals surface area contributed by atoms with Crippen molar-refractivity contribution in [2.45, 2.75) is 99.9 Å². The molecule has 1 fully saturated rings. The van der Waals surface area contributed by atoms with Crippen molar-refractivity contribution >= 4 is 41.2 Å². The number of benzene rings is 3. The first kappa shape index (κ1) is 35.6. The first-order valence-electron chi connectivity index (χ1n) is 17.0. The monoisotopic (exact) mass is 677 g/mol. The third kappa shape index (κ3) is 9.70. The highest BCUT2D eigenvalue weighted by Crippen LogP contribution is 2.51. The van der Waals surface area contributed by atoms with E-state index in [0.29, 0.717) is 19.4 Å².